The van der Waals surface area contributed by atoms with Crippen LogP contribution in [-0.2, 0) is 11.2 Å². The minimum absolute atomic E-state index is 0.0427. The third-order valence-electron chi connectivity index (χ3n) is 6.72. The molecule has 0 saturated carbocycles. The number of amides is 1. The standard InChI is InChI=1S/C27H28F2N6O4/c1-3-39-20-10-14(8-16-11-17(28)12-18(26(31)36)24(16)37-2)9-19(29)21(20)22-23-25(30)32-13-33-35(23)27(34-22)15-4-6-38-7-5-15/h9-13,15H,3-8H2,1-2H3,(H2,31,36)(H2,30,32,33). The Kier molecular flexibility index (Phi) is 7.29. The van der Waals surface area contributed by atoms with Crippen LogP contribution in [0.3, 0.4) is 0 Å². The highest BCUT2D eigenvalue weighted by molar-refractivity contribution is 5.96. The quantitative estimate of drug-likeness (QED) is 0.347. The number of nitrogens with zero attached hydrogens (tertiary/aromatic N) is 4. The Hall–Kier alpha value is -4.32. The number of methoxy groups -OCH3 is 1. The van der Waals surface area contributed by atoms with Gasteiger partial charge in [0.1, 0.15) is 46.5 Å². The van der Waals surface area contributed by atoms with Gasteiger partial charge >= 0.3 is 0 Å². The second-order valence-electron chi connectivity index (χ2n) is 9.18. The van der Waals surface area contributed by atoms with Crippen molar-refractivity contribution in [2.45, 2.75) is 32.1 Å². The summed E-state index contributed by atoms with van der Waals surface area (Å²) in [6, 6.07) is 5.19. The molecule has 1 fully saturated rings. The Balaban J connectivity index is 1.65. The number of nitrogen functional groups attached to an aromatic ring is 1. The number of hydrogen-bond donors (Lipinski definition) is 2. The van der Waals surface area contributed by atoms with Crippen LogP contribution in [0.15, 0.2) is 30.6 Å². The number of primary amides is 1. The lowest BCUT2D eigenvalue weighted by molar-refractivity contribution is 0.0832. The van der Waals surface area contributed by atoms with E-state index in [1.807, 2.05) is 0 Å². The fraction of sp³-hybridized carbons (Fsp3) is 0.333. The zero-order chi connectivity index (χ0) is 27.7. The van der Waals surface area contributed by atoms with E-state index in [4.69, 9.17) is 30.7 Å². The molecule has 3 heterocycles. The molecule has 4 N–H and O–H groups in total. The molecular formula is C27H28F2N6O4. The van der Waals surface area contributed by atoms with Gasteiger partial charge in [-0.05, 0) is 49.6 Å². The van der Waals surface area contributed by atoms with Crippen LogP contribution in [0, 0.1) is 11.6 Å². The number of carbonyl (C=O) groups is 1. The molecule has 0 aliphatic carbocycles. The average Bonchev–Trinajstić information content (AvgIpc) is 3.29. The van der Waals surface area contributed by atoms with Crippen molar-refractivity contribution < 1.29 is 27.8 Å². The molecule has 1 aliphatic rings. The van der Waals surface area contributed by atoms with Gasteiger partial charge in [-0.1, -0.05) is 0 Å². The Morgan fingerprint density at radius 1 is 1.21 bits per heavy atom. The van der Waals surface area contributed by atoms with E-state index >= 15 is 4.39 Å². The highest BCUT2D eigenvalue weighted by atomic mass is 19.1. The molecule has 204 valence electrons. The fourth-order valence-electron chi connectivity index (χ4n) is 5.03. The first-order valence-electron chi connectivity index (χ1n) is 12.5. The number of hydrogen-bond acceptors (Lipinski definition) is 8. The summed E-state index contributed by atoms with van der Waals surface area (Å²) in [6.07, 6.45) is 2.86. The predicted octanol–water partition coefficient (Wildman–Crippen LogP) is 3.64. The van der Waals surface area contributed by atoms with Crippen molar-refractivity contribution in [2.75, 3.05) is 32.7 Å². The van der Waals surface area contributed by atoms with E-state index < -0.39 is 17.5 Å². The van der Waals surface area contributed by atoms with Crippen LogP contribution < -0.4 is 20.9 Å². The van der Waals surface area contributed by atoms with Crippen molar-refractivity contribution in [1.29, 1.82) is 0 Å². The zero-order valence-electron chi connectivity index (χ0n) is 21.5. The molecule has 39 heavy (non-hydrogen) atoms. The van der Waals surface area contributed by atoms with Gasteiger partial charge in [-0.25, -0.2) is 23.3 Å². The van der Waals surface area contributed by atoms with Gasteiger partial charge in [-0.15, -0.1) is 0 Å². The highest BCUT2D eigenvalue weighted by Crippen LogP contribution is 2.40. The van der Waals surface area contributed by atoms with Crippen molar-refractivity contribution in [3.63, 3.8) is 0 Å². The van der Waals surface area contributed by atoms with E-state index in [2.05, 4.69) is 10.1 Å². The topological polar surface area (TPSA) is 140 Å². The normalized spacial score (nSPS) is 14.1. The number of rotatable bonds is 8. The molecule has 0 radical (unpaired) electrons. The number of carbonyl (C=O) groups excluding carboxylic acids is 1. The maximum Gasteiger partial charge on any atom is 0.252 e. The lowest BCUT2D eigenvalue weighted by Crippen LogP contribution is -2.17. The molecule has 0 atom stereocenters. The van der Waals surface area contributed by atoms with Gasteiger partial charge in [0, 0.05) is 31.1 Å². The number of halogens is 2. The van der Waals surface area contributed by atoms with Gasteiger partial charge in [0.15, 0.2) is 5.82 Å². The molecule has 2 aromatic heterocycles. The maximum atomic E-state index is 16.0. The summed E-state index contributed by atoms with van der Waals surface area (Å²) < 4.78 is 48.6. The molecule has 1 aliphatic heterocycles. The predicted molar refractivity (Wildman–Crippen MR) is 139 cm³/mol. The molecule has 5 rings (SSSR count). The van der Waals surface area contributed by atoms with E-state index in [1.165, 1.54) is 25.6 Å². The summed E-state index contributed by atoms with van der Waals surface area (Å²) in [4.78, 5) is 20.8. The second kappa shape index (κ2) is 10.8. The summed E-state index contributed by atoms with van der Waals surface area (Å²) >= 11 is 0. The maximum absolute atomic E-state index is 16.0. The van der Waals surface area contributed by atoms with Gasteiger partial charge in [-0.2, -0.15) is 5.10 Å². The molecular weight excluding hydrogens is 510 g/mol. The minimum atomic E-state index is -0.837. The van der Waals surface area contributed by atoms with Gasteiger partial charge in [-0.3, -0.25) is 4.79 Å². The number of fused-ring (bicyclic) bond motifs is 1. The lowest BCUT2D eigenvalue weighted by Gasteiger charge is -2.20. The number of imidazole rings is 1. The summed E-state index contributed by atoms with van der Waals surface area (Å²) in [7, 11) is 1.35. The number of benzene rings is 2. The Morgan fingerprint density at radius 3 is 2.67 bits per heavy atom. The third-order valence-corrected chi connectivity index (χ3v) is 6.72. The van der Waals surface area contributed by atoms with E-state index in [1.54, 1.807) is 17.5 Å². The van der Waals surface area contributed by atoms with Crippen LogP contribution >= 0.6 is 0 Å². The SMILES string of the molecule is CCOc1cc(Cc2cc(F)cc(C(N)=O)c2OC)cc(F)c1-c1nc(C2CCOCC2)n2ncnc(N)c12. The fourth-order valence-corrected chi connectivity index (χ4v) is 5.03. The largest absolute Gasteiger partial charge is 0.496 e. The second-order valence-corrected chi connectivity index (χ2v) is 9.18. The van der Waals surface area contributed by atoms with E-state index in [9.17, 15) is 9.18 Å². The van der Waals surface area contributed by atoms with E-state index in [0.29, 0.717) is 35.7 Å². The van der Waals surface area contributed by atoms with Crippen molar-refractivity contribution in [1.82, 2.24) is 19.6 Å². The molecule has 1 saturated heterocycles. The van der Waals surface area contributed by atoms with E-state index in [-0.39, 0.29) is 53.1 Å². The molecule has 0 bridgehead atoms. The summed E-state index contributed by atoms with van der Waals surface area (Å²) in [5, 5.41) is 4.36. The molecule has 1 amide bonds. The Labute approximate surface area is 222 Å². The van der Waals surface area contributed by atoms with Crippen LogP contribution in [0.25, 0.3) is 16.8 Å². The molecule has 12 heteroatoms. The van der Waals surface area contributed by atoms with Crippen molar-refractivity contribution in [3.8, 4) is 22.8 Å². The number of anilines is 1. The first kappa shape index (κ1) is 26.3. The van der Waals surface area contributed by atoms with Gasteiger partial charge in [0.25, 0.3) is 5.91 Å². The Bertz CT molecular complexity index is 1550. The first-order valence-corrected chi connectivity index (χ1v) is 12.5. The summed E-state index contributed by atoms with van der Waals surface area (Å²) in [5.41, 5.74) is 13.1. The summed E-state index contributed by atoms with van der Waals surface area (Å²) in [5.74, 6) is -0.933. The molecule has 0 unspecified atom stereocenters. The van der Waals surface area contributed by atoms with Crippen LogP contribution in [0.2, 0.25) is 0 Å². The van der Waals surface area contributed by atoms with Gasteiger partial charge in [0.05, 0.1) is 24.8 Å². The van der Waals surface area contributed by atoms with Crippen LogP contribution in [0.1, 0.15) is 53.0 Å². The van der Waals surface area contributed by atoms with Gasteiger partial charge in [0.2, 0.25) is 0 Å². The number of nitrogens with two attached hydrogens (primary N) is 2. The van der Waals surface area contributed by atoms with Gasteiger partial charge < -0.3 is 25.7 Å². The molecule has 10 nitrogen and oxygen atoms in total. The first-order chi connectivity index (χ1) is 18.8. The van der Waals surface area contributed by atoms with Crippen molar-refractivity contribution in [2.24, 2.45) is 5.73 Å². The lowest BCUT2D eigenvalue weighted by atomic mass is 9.98. The van der Waals surface area contributed by atoms with Crippen LogP contribution in [0.4, 0.5) is 14.6 Å². The molecule has 0 spiro atoms. The Morgan fingerprint density at radius 2 is 1.97 bits per heavy atom. The van der Waals surface area contributed by atoms with E-state index in [0.717, 1.165) is 18.9 Å². The zero-order valence-corrected chi connectivity index (χ0v) is 21.5. The number of aromatic nitrogens is 4. The summed E-state index contributed by atoms with van der Waals surface area (Å²) in [6.45, 7) is 3.20. The van der Waals surface area contributed by atoms with Crippen LogP contribution in [-0.4, -0.2) is 52.4 Å². The van der Waals surface area contributed by atoms with Crippen molar-refractivity contribution in [3.05, 3.63) is 64.7 Å². The molecule has 4 aromatic rings. The van der Waals surface area contributed by atoms with Crippen LogP contribution in [0.5, 0.6) is 11.5 Å². The van der Waals surface area contributed by atoms with Crippen molar-refractivity contribution >= 4 is 17.2 Å². The smallest absolute Gasteiger partial charge is 0.252 e. The monoisotopic (exact) mass is 538 g/mol. The third kappa shape index (κ3) is 4.94. The minimum Gasteiger partial charge on any atom is -0.496 e. The number of ether oxygens (including phenoxy) is 3. The highest BCUT2D eigenvalue weighted by Gasteiger charge is 2.28. The molecule has 2 aromatic carbocycles. The average molecular weight is 539 g/mol.